The van der Waals surface area contributed by atoms with Crippen molar-refractivity contribution in [3.05, 3.63) is 15.5 Å². The number of hydrogen-bond acceptors (Lipinski definition) is 4. The highest BCUT2D eigenvalue weighted by Crippen LogP contribution is 2.40. The second-order valence-corrected chi connectivity index (χ2v) is 5.20. The number of nitrogens with zero attached hydrogens (tertiary/aromatic N) is 3. The molecule has 0 unspecified atom stereocenters. The van der Waals surface area contributed by atoms with E-state index in [0.717, 1.165) is 0 Å². The number of carbonyl (C=O) groups excluding carboxylic acids is 1. The van der Waals surface area contributed by atoms with E-state index in [1.807, 2.05) is 0 Å². The molecule has 2 rings (SSSR count). The van der Waals surface area contributed by atoms with Gasteiger partial charge in [0, 0.05) is 12.1 Å². The fraction of sp³-hybridized carbons (Fsp3) is 0.444. The smallest absolute Gasteiger partial charge is 0.362 e. The van der Waals surface area contributed by atoms with Gasteiger partial charge < -0.3 is 5.11 Å². The van der Waals surface area contributed by atoms with Crippen LogP contribution >= 0.6 is 22.6 Å². The Morgan fingerprint density at radius 3 is 2.74 bits per heavy atom. The van der Waals surface area contributed by atoms with Gasteiger partial charge in [-0.15, -0.1) is 0 Å². The number of halogens is 4. The van der Waals surface area contributed by atoms with Crippen molar-refractivity contribution in [2.45, 2.75) is 25.2 Å². The van der Waals surface area contributed by atoms with Gasteiger partial charge in [-0.05, 0) is 29.5 Å². The Kier molecular flexibility index (Phi) is 3.33. The van der Waals surface area contributed by atoms with E-state index in [1.54, 1.807) is 22.6 Å². The van der Waals surface area contributed by atoms with Gasteiger partial charge in [0.05, 0.1) is 9.77 Å². The molecule has 0 fully saturated rings. The van der Waals surface area contributed by atoms with Gasteiger partial charge in [0.1, 0.15) is 5.69 Å². The number of H-pyrrole nitrogens is 1. The number of aromatic amines is 1. The minimum absolute atomic E-state index is 0.0164. The Balaban J connectivity index is 2.42. The second-order valence-electron chi connectivity index (χ2n) is 4.04. The summed E-state index contributed by atoms with van der Waals surface area (Å²) >= 11 is 1.74. The van der Waals surface area contributed by atoms with Crippen LogP contribution in [0.15, 0.2) is 11.3 Å². The van der Waals surface area contributed by atoms with Crippen molar-refractivity contribution in [2.24, 2.45) is 5.10 Å². The van der Waals surface area contributed by atoms with Crippen LogP contribution in [0.5, 0.6) is 0 Å². The summed E-state index contributed by atoms with van der Waals surface area (Å²) in [5.74, 6) is -1.08. The average molecular weight is 388 g/mol. The quantitative estimate of drug-likeness (QED) is 0.716. The lowest BCUT2D eigenvalue weighted by atomic mass is 10.1. The minimum atomic E-state index is -5.00. The third kappa shape index (κ3) is 2.22. The fourth-order valence-electron chi connectivity index (χ4n) is 1.68. The summed E-state index contributed by atoms with van der Waals surface area (Å²) < 4.78 is 39.1. The Morgan fingerprint density at radius 1 is 1.63 bits per heavy atom. The number of hydrazone groups is 1. The first-order valence-corrected chi connectivity index (χ1v) is 6.11. The molecule has 6 nitrogen and oxygen atoms in total. The SMILES string of the molecule is CC1=NN(C(=O)c2[nH]ncc2I)[C@](O)(C(F)(F)F)C1. The van der Waals surface area contributed by atoms with Crippen LogP contribution in [0.4, 0.5) is 13.2 Å². The summed E-state index contributed by atoms with van der Waals surface area (Å²) in [6.07, 6.45) is -4.49. The highest BCUT2D eigenvalue weighted by atomic mass is 127. The van der Waals surface area contributed by atoms with Crippen molar-refractivity contribution in [2.75, 3.05) is 0 Å². The highest BCUT2D eigenvalue weighted by Gasteiger charge is 2.63. The number of aliphatic hydroxyl groups is 1. The van der Waals surface area contributed by atoms with Gasteiger partial charge in [-0.1, -0.05) is 0 Å². The molecule has 2 heterocycles. The summed E-state index contributed by atoms with van der Waals surface area (Å²) in [5.41, 5.74) is -3.45. The molecule has 1 atom stereocenters. The largest absolute Gasteiger partial charge is 0.438 e. The molecule has 1 amide bonds. The zero-order valence-electron chi connectivity index (χ0n) is 9.49. The van der Waals surface area contributed by atoms with Gasteiger partial charge in [0.2, 0.25) is 0 Å². The van der Waals surface area contributed by atoms with Crippen molar-refractivity contribution in [1.82, 2.24) is 15.2 Å². The normalized spacial score (nSPS) is 23.7. The number of hydrogen-bond donors (Lipinski definition) is 2. The van der Waals surface area contributed by atoms with Gasteiger partial charge in [0.15, 0.2) is 0 Å². The molecular formula is C9H8F3IN4O2. The topological polar surface area (TPSA) is 81.6 Å². The third-order valence-electron chi connectivity index (χ3n) is 2.58. The van der Waals surface area contributed by atoms with Crippen molar-refractivity contribution in [3.8, 4) is 0 Å². The van der Waals surface area contributed by atoms with Crippen LogP contribution < -0.4 is 0 Å². The van der Waals surface area contributed by atoms with E-state index < -0.39 is 24.2 Å². The highest BCUT2D eigenvalue weighted by molar-refractivity contribution is 14.1. The van der Waals surface area contributed by atoms with Crippen LogP contribution in [0.3, 0.4) is 0 Å². The molecule has 0 spiro atoms. The fourth-order valence-corrected chi connectivity index (χ4v) is 2.17. The molecule has 1 aromatic heterocycles. The zero-order valence-corrected chi connectivity index (χ0v) is 11.7. The molecule has 0 saturated heterocycles. The Hall–Kier alpha value is -1.17. The average Bonchev–Trinajstić information content (AvgIpc) is 2.81. The molecule has 10 heteroatoms. The maximum absolute atomic E-state index is 12.9. The lowest BCUT2D eigenvalue weighted by Gasteiger charge is -2.32. The maximum Gasteiger partial charge on any atom is 0.438 e. The van der Waals surface area contributed by atoms with E-state index in [0.29, 0.717) is 3.57 Å². The third-order valence-corrected chi connectivity index (χ3v) is 3.39. The lowest BCUT2D eigenvalue weighted by Crippen LogP contribution is -2.56. The van der Waals surface area contributed by atoms with Crippen molar-refractivity contribution >= 4 is 34.2 Å². The van der Waals surface area contributed by atoms with E-state index in [-0.39, 0.29) is 16.4 Å². The van der Waals surface area contributed by atoms with Gasteiger partial charge in [-0.3, -0.25) is 9.89 Å². The van der Waals surface area contributed by atoms with E-state index in [9.17, 15) is 23.1 Å². The Bertz CT molecular complexity index is 556. The Labute approximate surface area is 118 Å². The lowest BCUT2D eigenvalue weighted by molar-refractivity contribution is -0.297. The van der Waals surface area contributed by atoms with E-state index in [4.69, 9.17) is 0 Å². The number of rotatable bonds is 1. The summed E-state index contributed by atoms with van der Waals surface area (Å²) in [6, 6.07) is 0. The molecule has 2 N–H and O–H groups in total. The molecule has 0 aliphatic carbocycles. The second kappa shape index (κ2) is 4.44. The molecule has 1 aliphatic rings. The molecule has 1 aromatic rings. The monoisotopic (exact) mass is 388 g/mol. The van der Waals surface area contributed by atoms with Crippen LogP contribution in [0, 0.1) is 3.57 Å². The summed E-state index contributed by atoms with van der Waals surface area (Å²) in [6.45, 7) is 1.31. The predicted octanol–water partition coefficient (Wildman–Crippen LogP) is 1.49. The molecule has 0 radical (unpaired) electrons. The van der Waals surface area contributed by atoms with Gasteiger partial charge in [-0.2, -0.15) is 28.4 Å². The zero-order chi connectivity index (χ0) is 14.4. The van der Waals surface area contributed by atoms with Crippen LogP contribution in [0.1, 0.15) is 23.8 Å². The van der Waals surface area contributed by atoms with Gasteiger partial charge in [0.25, 0.3) is 11.6 Å². The number of alkyl halides is 3. The number of carbonyl (C=O) groups is 1. The van der Waals surface area contributed by atoms with Crippen LogP contribution in [0.25, 0.3) is 0 Å². The first-order valence-electron chi connectivity index (χ1n) is 5.03. The van der Waals surface area contributed by atoms with E-state index >= 15 is 0 Å². The van der Waals surface area contributed by atoms with Gasteiger partial charge >= 0.3 is 6.18 Å². The number of amides is 1. The van der Waals surface area contributed by atoms with Crippen LogP contribution in [-0.4, -0.2) is 43.8 Å². The molecular weight excluding hydrogens is 380 g/mol. The maximum atomic E-state index is 12.9. The van der Waals surface area contributed by atoms with Crippen molar-refractivity contribution < 1.29 is 23.1 Å². The van der Waals surface area contributed by atoms with Crippen molar-refractivity contribution in [1.29, 1.82) is 0 Å². The summed E-state index contributed by atoms with van der Waals surface area (Å²) in [5, 5.41) is 19.1. The first-order chi connectivity index (χ1) is 8.67. The number of nitrogens with one attached hydrogen (secondary N) is 1. The predicted molar refractivity (Wildman–Crippen MR) is 66.2 cm³/mol. The number of aromatic nitrogens is 2. The van der Waals surface area contributed by atoms with Crippen molar-refractivity contribution in [3.63, 3.8) is 0 Å². The van der Waals surface area contributed by atoms with Crippen LogP contribution in [0.2, 0.25) is 0 Å². The molecule has 19 heavy (non-hydrogen) atoms. The summed E-state index contributed by atoms with van der Waals surface area (Å²) in [4.78, 5) is 12.0. The molecule has 0 saturated carbocycles. The van der Waals surface area contributed by atoms with E-state index in [1.165, 1.54) is 13.1 Å². The first kappa shape index (κ1) is 14.2. The Morgan fingerprint density at radius 2 is 2.26 bits per heavy atom. The molecule has 104 valence electrons. The van der Waals surface area contributed by atoms with Crippen LogP contribution in [-0.2, 0) is 0 Å². The standard InChI is InChI=1S/C9H8F3IN4O2/c1-4-2-8(19,9(10,11)12)17(16-4)7(18)6-5(13)3-14-15-6/h3,19H,2H2,1H3,(H,14,15)/t8-/m1/s1. The van der Waals surface area contributed by atoms with Gasteiger partial charge in [-0.25, -0.2) is 0 Å². The molecule has 1 aliphatic heterocycles. The summed E-state index contributed by atoms with van der Waals surface area (Å²) in [7, 11) is 0. The van der Waals surface area contributed by atoms with E-state index in [2.05, 4.69) is 15.3 Å². The molecule has 0 bridgehead atoms. The molecule has 0 aromatic carbocycles. The minimum Gasteiger partial charge on any atom is -0.362 e.